The Morgan fingerprint density at radius 2 is 2.00 bits per heavy atom. The zero-order chi connectivity index (χ0) is 11.6. The van der Waals surface area contributed by atoms with Crippen LogP contribution in [0.15, 0.2) is 0 Å². The molecule has 1 spiro atoms. The van der Waals surface area contributed by atoms with Crippen LogP contribution in [0.1, 0.15) is 12.8 Å². The van der Waals surface area contributed by atoms with Crippen LogP contribution >= 0.6 is 23.2 Å². The number of halogens is 2. The van der Waals surface area contributed by atoms with Crippen molar-refractivity contribution in [3.8, 4) is 6.01 Å². The van der Waals surface area contributed by atoms with E-state index in [1.807, 2.05) is 4.57 Å². The van der Waals surface area contributed by atoms with Crippen molar-refractivity contribution in [3.63, 3.8) is 0 Å². The molecular weight excluding hydrogens is 261 g/mol. The van der Waals surface area contributed by atoms with Crippen LogP contribution in [0.2, 0.25) is 10.3 Å². The Kier molecular flexibility index (Phi) is 2.04. The summed E-state index contributed by atoms with van der Waals surface area (Å²) in [7, 11) is 0. The second-order valence-corrected chi connectivity index (χ2v) is 6.00. The van der Waals surface area contributed by atoms with E-state index in [-0.39, 0.29) is 5.60 Å². The summed E-state index contributed by atoms with van der Waals surface area (Å²) >= 11 is 12.0. The van der Waals surface area contributed by atoms with Crippen LogP contribution in [0.4, 0.5) is 0 Å². The number of rotatable bonds is 0. The number of aromatic nitrogens is 2. The van der Waals surface area contributed by atoms with E-state index in [1.165, 1.54) is 25.9 Å². The van der Waals surface area contributed by atoms with Gasteiger partial charge in [0.25, 0.3) is 6.01 Å². The van der Waals surface area contributed by atoms with Crippen molar-refractivity contribution in [2.45, 2.75) is 25.0 Å². The van der Waals surface area contributed by atoms with Crippen molar-refractivity contribution in [3.05, 3.63) is 10.3 Å². The number of hydrogen-bond donors (Lipinski definition) is 0. The highest BCUT2D eigenvalue weighted by atomic mass is 35.5. The number of hydrogen-bond acceptors (Lipinski definition) is 3. The Balaban J connectivity index is 1.71. The summed E-state index contributed by atoms with van der Waals surface area (Å²) in [5, 5.41) is 0.854. The van der Waals surface area contributed by atoms with E-state index in [1.54, 1.807) is 0 Å². The topological polar surface area (TPSA) is 30.3 Å². The number of fused-ring (bicyclic) bond motifs is 3. The molecule has 4 nitrogen and oxygen atoms in total. The van der Waals surface area contributed by atoms with Crippen molar-refractivity contribution < 1.29 is 4.74 Å². The monoisotopic (exact) mass is 273 g/mol. The minimum Gasteiger partial charge on any atom is -0.454 e. The van der Waals surface area contributed by atoms with Gasteiger partial charge in [-0.2, -0.15) is 4.98 Å². The van der Waals surface area contributed by atoms with Gasteiger partial charge in [-0.15, -0.1) is 0 Å². The first kappa shape index (κ1) is 10.5. The van der Waals surface area contributed by atoms with Gasteiger partial charge in [-0.1, -0.05) is 23.2 Å². The second kappa shape index (κ2) is 3.31. The third-order valence-corrected chi connectivity index (χ3v) is 5.12. The molecule has 0 aliphatic carbocycles. The maximum atomic E-state index is 6.13. The third kappa shape index (κ3) is 1.32. The lowest BCUT2D eigenvalue weighted by Crippen LogP contribution is -2.61. The number of imidazole rings is 1. The van der Waals surface area contributed by atoms with Crippen molar-refractivity contribution >= 4 is 23.2 Å². The standard InChI is InChI=1S/C11H13Cl2N3O/c12-8-9(13)16-6-11(17-10(16)14-8)5-15-3-1-7(11)2-4-15/h7H,1-6H2/t11-/m1/s1. The molecule has 92 valence electrons. The fraction of sp³-hybridized carbons (Fsp3) is 0.727. The van der Waals surface area contributed by atoms with Crippen molar-refractivity contribution in [1.82, 2.24) is 14.5 Å². The van der Waals surface area contributed by atoms with E-state index in [2.05, 4.69) is 9.88 Å². The third-order valence-electron chi connectivity index (χ3n) is 4.38. The summed E-state index contributed by atoms with van der Waals surface area (Å²) in [6.07, 6.45) is 2.44. The molecule has 1 aromatic heterocycles. The normalized spacial score (nSPS) is 38.5. The molecule has 0 N–H and O–H groups in total. The zero-order valence-electron chi connectivity index (χ0n) is 9.33. The molecule has 4 aliphatic rings. The van der Waals surface area contributed by atoms with Crippen molar-refractivity contribution in [1.29, 1.82) is 0 Å². The van der Waals surface area contributed by atoms with Gasteiger partial charge in [0, 0.05) is 12.5 Å². The first-order valence-corrected chi connectivity index (χ1v) is 6.76. The first-order chi connectivity index (χ1) is 8.18. The van der Waals surface area contributed by atoms with Gasteiger partial charge in [-0.25, -0.2) is 0 Å². The predicted octanol–water partition coefficient (Wildman–Crippen LogP) is 2.05. The van der Waals surface area contributed by atoms with E-state index in [0.29, 0.717) is 22.2 Å². The fourth-order valence-corrected chi connectivity index (χ4v) is 3.85. The average molecular weight is 274 g/mol. The molecule has 4 aliphatic heterocycles. The average Bonchev–Trinajstić information content (AvgIpc) is 2.79. The largest absolute Gasteiger partial charge is 0.454 e. The van der Waals surface area contributed by atoms with E-state index < -0.39 is 0 Å². The highest BCUT2D eigenvalue weighted by Gasteiger charge is 2.53. The molecule has 5 rings (SSSR count). The molecule has 6 heteroatoms. The molecule has 0 saturated carbocycles. The van der Waals surface area contributed by atoms with Gasteiger partial charge in [0.05, 0.1) is 6.54 Å². The van der Waals surface area contributed by atoms with E-state index in [4.69, 9.17) is 27.9 Å². The summed E-state index contributed by atoms with van der Waals surface area (Å²) in [6, 6.07) is 0.591. The van der Waals surface area contributed by atoms with Gasteiger partial charge < -0.3 is 4.74 Å². The summed E-state index contributed by atoms with van der Waals surface area (Å²) < 4.78 is 8.02. The van der Waals surface area contributed by atoms with Gasteiger partial charge in [0.1, 0.15) is 5.60 Å². The van der Waals surface area contributed by atoms with Crippen LogP contribution in [0.3, 0.4) is 0 Å². The van der Waals surface area contributed by atoms with Gasteiger partial charge in [-0.3, -0.25) is 9.47 Å². The summed E-state index contributed by atoms with van der Waals surface area (Å²) in [5.74, 6) is 0.629. The number of nitrogens with zero attached hydrogens (tertiary/aromatic N) is 3. The maximum absolute atomic E-state index is 6.13. The number of piperidine rings is 3. The van der Waals surface area contributed by atoms with Crippen molar-refractivity contribution in [2.75, 3.05) is 19.6 Å². The molecule has 5 heterocycles. The van der Waals surface area contributed by atoms with E-state index in [0.717, 1.165) is 13.1 Å². The highest BCUT2D eigenvalue weighted by molar-refractivity contribution is 6.40. The van der Waals surface area contributed by atoms with Gasteiger partial charge in [0.2, 0.25) is 0 Å². The summed E-state index contributed by atoms with van der Waals surface area (Å²) in [5.41, 5.74) is -0.104. The highest BCUT2D eigenvalue weighted by Crippen LogP contribution is 2.45. The lowest BCUT2D eigenvalue weighted by Gasteiger charge is -2.50. The van der Waals surface area contributed by atoms with Crippen LogP contribution in [-0.4, -0.2) is 39.7 Å². The molecule has 3 fully saturated rings. The Hall–Kier alpha value is -0.450. The van der Waals surface area contributed by atoms with Crippen LogP contribution in [0.25, 0.3) is 0 Å². The lowest BCUT2D eigenvalue weighted by atomic mass is 9.75. The van der Waals surface area contributed by atoms with Gasteiger partial charge >= 0.3 is 0 Å². The van der Waals surface area contributed by atoms with Crippen molar-refractivity contribution in [2.24, 2.45) is 5.92 Å². The first-order valence-electron chi connectivity index (χ1n) is 6.01. The SMILES string of the molecule is Clc1nc2n(c1Cl)C[C@@]1(CN3CCC1CC3)O2. The van der Waals surface area contributed by atoms with Crippen LogP contribution in [-0.2, 0) is 6.54 Å². The Morgan fingerprint density at radius 1 is 1.24 bits per heavy atom. The lowest BCUT2D eigenvalue weighted by molar-refractivity contribution is -0.0834. The maximum Gasteiger partial charge on any atom is 0.299 e. The molecule has 0 amide bonds. The molecule has 17 heavy (non-hydrogen) atoms. The summed E-state index contributed by atoms with van der Waals surface area (Å²) in [6.45, 7) is 4.19. The molecule has 3 saturated heterocycles. The van der Waals surface area contributed by atoms with Crippen LogP contribution < -0.4 is 4.74 Å². The summed E-state index contributed by atoms with van der Waals surface area (Å²) in [4.78, 5) is 6.65. The molecule has 0 aromatic carbocycles. The Labute approximate surface area is 109 Å². The molecule has 1 atom stereocenters. The Bertz CT molecular complexity index is 481. The number of ether oxygens (including phenoxy) is 1. The molecular formula is C11H13Cl2N3O. The quantitative estimate of drug-likeness (QED) is 0.725. The van der Waals surface area contributed by atoms with E-state index in [9.17, 15) is 0 Å². The van der Waals surface area contributed by atoms with Gasteiger partial charge in [0.15, 0.2) is 10.3 Å². The van der Waals surface area contributed by atoms with Crippen LogP contribution in [0, 0.1) is 5.92 Å². The fourth-order valence-electron chi connectivity index (χ4n) is 3.50. The minimum atomic E-state index is -0.104. The second-order valence-electron chi connectivity index (χ2n) is 5.28. The van der Waals surface area contributed by atoms with Crippen LogP contribution in [0.5, 0.6) is 6.01 Å². The molecule has 0 unspecified atom stereocenters. The van der Waals surface area contributed by atoms with E-state index >= 15 is 0 Å². The minimum absolute atomic E-state index is 0.104. The smallest absolute Gasteiger partial charge is 0.299 e. The molecule has 0 radical (unpaired) electrons. The zero-order valence-corrected chi connectivity index (χ0v) is 10.8. The van der Waals surface area contributed by atoms with Gasteiger partial charge in [-0.05, 0) is 25.9 Å². The molecule has 1 aromatic rings. The predicted molar refractivity (Wildman–Crippen MR) is 64.8 cm³/mol. The molecule has 2 bridgehead atoms. The Morgan fingerprint density at radius 3 is 2.59 bits per heavy atom.